The standard InChI is InChI=1S/C24H19Cl2N3O4S/c25-17-7-11-19(12-8-17)32-23(33-20-13-9-18(26)10-14-20)22(31)28-29-24(34)27-21(30)15-6-16-4-2-1-3-5-16/h1-15,23H,(H,28,31)(H2,27,29,30,34)/b15-6+. The molecule has 2 amide bonds. The topological polar surface area (TPSA) is 88.7 Å². The molecule has 0 heterocycles. The first-order valence-corrected chi connectivity index (χ1v) is 11.0. The molecule has 0 radical (unpaired) electrons. The van der Waals surface area contributed by atoms with E-state index in [9.17, 15) is 9.59 Å². The van der Waals surface area contributed by atoms with Crippen LogP contribution in [0.15, 0.2) is 84.9 Å². The van der Waals surface area contributed by atoms with Gasteiger partial charge in [0, 0.05) is 16.1 Å². The molecule has 0 fully saturated rings. The minimum Gasteiger partial charge on any atom is -0.446 e. The normalized spacial score (nSPS) is 10.6. The van der Waals surface area contributed by atoms with Crippen LogP contribution < -0.4 is 25.6 Å². The van der Waals surface area contributed by atoms with Gasteiger partial charge in [-0.2, -0.15) is 0 Å². The number of hydrogen-bond acceptors (Lipinski definition) is 5. The van der Waals surface area contributed by atoms with Gasteiger partial charge in [0.05, 0.1) is 0 Å². The number of nitrogens with one attached hydrogen (secondary N) is 3. The van der Waals surface area contributed by atoms with Crippen molar-refractivity contribution >= 4 is 58.4 Å². The Morgan fingerprint density at radius 2 is 1.32 bits per heavy atom. The molecule has 7 nitrogen and oxygen atoms in total. The molecule has 0 spiro atoms. The van der Waals surface area contributed by atoms with Crippen molar-refractivity contribution in [3.63, 3.8) is 0 Å². The highest BCUT2D eigenvalue weighted by molar-refractivity contribution is 7.80. The lowest BCUT2D eigenvalue weighted by Gasteiger charge is -2.20. The molecule has 0 aliphatic rings. The monoisotopic (exact) mass is 515 g/mol. The predicted molar refractivity (Wildman–Crippen MR) is 135 cm³/mol. The Balaban J connectivity index is 1.58. The molecule has 3 aromatic rings. The molecular weight excluding hydrogens is 497 g/mol. The molecule has 0 aromatic heterocycles. The molecular formula is C24H19Cl2N3O4S. The van der Waals surface area contributed by atoms with Gasteiger partial charge in [-0.25, -0.2) is 0 Å². The van der Waals surface area contributed by atoms with E-state index in [-0.39, 0.29) is 5.11 Å². The van der Waals surface area contributed by atoms with E-state index in [0.717, 1.165) is 5.56 Å². The molecule has 34 heavy (non-hydrogen) atoms. The van der Waals surface area contributed by atoms with E-state index in [1.54, 1.807) is 54.6 Å². The number of hydrazine groups is 1. The molecule has 0 aliphatic carbocycles. The summed E-state index contributed by atoms with van der Waals surface area (Å²) >= 11 is 16.8. The lowest BCUT2D eigenvalue weighted by atomic mass is 10.2. The third-order valence-electron chi connectivity index (χ3n) is 4.09. The molecule has 174 valence electrons. The van der Waals surface area contributed by atoms with E-state index < -0.39 is 18.1 Å². The van der Waals surface area contributed by atoms with Gasteiger partial charge in [0.15, 0.2) is 5.11 Å². The second kappa shape index (κ2) is 12.6. The van der Waals surface area contributed by atoms with Gasteiger partial charge in [0.2, 0.25) is 5.91 Å². The van der Waals surface area contributed by atoms with Gasteiger partial charge in [-0.1, -0.05) is 53.5 Å². The molecule has 0 aliphatic heterocycles. The number of benzene rings is 3. The van der Waals surface area contributed by atoms with Gasteiger partial charge in [0.1, 0.15) is 11.5 Å². The summed E-state index contributed by atoms with van der Waals surface area (Å²) in [7, 11) is 0. The van der Waals surface area contributed by atoms with Crippen molar-refractivity contribution < 1.29 is 19.1 Å². The van der Waals surface area contributed by atoms with Crippen molar-refractivity contribution in [3.05, 3.63) is 101 Å². The summed E-state index contributed by atoms with van der Waals surface area (Å²) < 4.78 is 11.3. The van der Waals surface area contributed by atoms with Crippen molar-refractivity contribution in [2.75, 3.05) is 0 Å². The highest BCUT2D eigenvalue weighted by Crippen LogP contribution is 2.20. The third kappa shape index (κ3) is 8.40. The van der Waals surface area contributed by atoms with Gasteiger partial charge in [-0.05, 0) is 72.4 Å². The van der Waals surface area contributed by atoms with Crippen molar-refractivity contribution in [1.82, 2.24) is 16.2 Å². The second-order valence-electron chi connectivity index (χ2n) is 6.65. The van der Waals surface area contributed by atoms with Crippen LogP contribution in [-0.2, 0) is 9.59 Å². The van der Waals surface area contributed by atoms with Gasteiger partial charge in [0.25, 0.3) is 0 Å². The van der Waals surface area contributed by atoms with E-state index in [1.807, 2.05) is 30.3 Å². The minimum absolute atomic E-state index is 0.118. The maximum atomic E-state index is 12.7. The summed E-state index contributed by atoms with van der Waals surface area (Å²) in [6.07, 6.45) is 1.56. The Morgan fingerprint density at radius 3 is 1.85 bits per heavy atom. The largest absolute Gasteiger partial charge is 0.446 e. The Bertz CT molecular complexity index is 1110. The smallest absolute Gasteiger partial charge is 0.323 e. The zero-order chi connectivity index (χ0) is 24.3. The Kier molecular flexibility index (Phi) is 9.28. The summed E-state index contributed by atoms with van der Waals surface area (Å²) in [5.74, 6) is -0.482. The highest BCUT2D eigenvalue weighted by Gasteiger charge is 2.23. The van der Waals surface area contributed by atoms with E-state index in [4.69, 9.17) is 44.9 Å². The molecule has 3 aromatic carbocycles. The van der Waals surface area contributed by atoms with Crippen LogP contribution in [0.4, 0.5) is 0 Å². The van der Waals surface area contributed by atoms with E-state index in [0.29, 0.717) is 21.5 Å². The van der Waals surface area contributed by atoms with E-state index >= 15 is 0 Å². The first-order valence-electron chi connectivity index (χ1n) is 9.87. The molecule has 3 rings (SSSR count). The average molecular weight is 516 g/mol. The van der Waals surface area contributed by atoms with Crippen LogP contribution >= 0.6 is 35.4 Å². The number of thiocarbonyl (C=S) groups is 1. The zero-order valence-corrected chi connectivity index (χ0v) is 19.9. The second-order valence-corrected chi connectivity index (χ2v) is 7.93. The molecule has 0 saturated carbocycles. The number of carbonyl (C=O) groups is 2. The lowest BCUT2D eigenvalue weighted by Crippen LogP contribution is -2.53. The Labute approximate surface area is 211 Å². The van der Waals surface area contributed by atoms with Crippen LogP contribution in [0.25, 0.3) is 6.08 Å². The molecule has 0 bridgehead atoms. The lowest BCUT2D eigenvalue weighted by molar-refractivity contribution is -0.141. The maximum absolute atomic E-state index is 12.7. The van der Waals surface area contributed by atoms with Crippen LogP contribution in [0, 0.1) is 0 Å². The van der Waals surface area contributed by atoms with E-state index in [2.05, 4.69) is 16.2 Å². The molecule has 0 atom stereocenters. The number of halogens is 2. The SMILES string of the molecule is O=C(/C=C/c1ccccc1)NC(=S)NNC(=O)C(Oc1ccc(Cl)cc1)Oc1ccc(Cl)cc1. The van der Waals surface area contributed by atoms with Gasteiger partial charge >= 0.3 is 12.2 Å². The average Bonchev–Trinajstić information content (AvgIpc) is 2.84. The van der Waals surface area contributed by atoms with Gasteiger partial charge in [-0.3, -0.25) is 25.8 Å². The summed E-state index contributed by atoms with van der Waals surface area (Å²) in [6.45, 7) is 0. The van der Waals surface area contributed by atoms with Gasteiger partial charge in [-0.15, -0.1) is 0 Å². The Hall–Kier alpha value is -3.59. The molecule has 0 saturated heterocycles. The van der Waals surface area contributed by atoms with Crippen LogP contribution in [-0.4, -0.2) is 23.2 Å². The minimum atomic E-state index is -1.40. The first kappa shape index (κ1) is 25.0. The van der Waals surface area contributed by atoms with Crippen LogP contribution in [0.2, 0.25) is 10.0 Å². The number of carbonyl (C=O) groups excluding carboxylic acids is 2. The van der Waals surface area contributed by atoms with Crippen molar-refractivity contribution in [2.45, 2.75) is 6.29 Å². The van der Waals surface area contributed by atoms with Crippen molar-refractivity contribution in [1.29, 1.82) is 0 Å². The van der Waals surface area contributed by atoms with Crippen LogP contribution in [0.3, 0.4) is 0 Å². The fourth-order valence-electron chi connectivity index (χ4n) is 2.50. The molecule has 10 heteroatoms. The fraction of sp³-hybridized carbons (Fsp3) is 0.0417. The van der Waals surface area contributed by atoms with Crippen molar-refractivity contribution in [3.8, 4) is 11.5 Å². The van der Waals surface area contributed by atoms with E-state index in [1.165, 1.54) is 6.08 Å². The fourth-order valence-corrected chi connectivity index (χ4v) is 2.91. The quantitative estimate of drug-likeness (QED) is 0.185. The highest BCUT2D eigenvalue weighted by atomic mass is 35.5. The molecule has 3 N–H and O–H groups in total. The third-order valence-corrected chi connectivity index (χ3v) is 4.80. The van der Waals surface area contributed by atoms with Crippen LogP contribution in [0.5, 0.6) is 11.5 Å². The summed E-state index contributed by atoms with van der Waals surface area (Å²) in [5, 5.41) is 3.33. The molecule has 0 unspecified atom stereocenters. The number of rotatable bonds is 7. The van der Waals surface area contributed by atoms with Crippen LogP contribution in [0.1, 0.15) is 5.56 Å². The maximum Gasteiger partial charge on any atom is 0.323 e. The summed E-state index contributed by atoms with van der Waals surface area (Å²) in [5.41, 5.74) is 5.65. The Morgan fingerprint density at radius 1 is 0.794 bits per heavy atom. The number of ether oxygens (including phenoxy) is 2. The van der Waals surface area contributed by atoms with Crippen molar-refractivity contribution in [2.24, 2.45) is 0 Å². The summed E-state index contributed by atoms with van der Waals surface area (Å²) in [6, 6.07) is 22.1. The predicted octanol–water partition coefficient (Wildman–Crippen LogP) is 4.51. The van der Waals surface area contributed by atoms with Gasteiger partial charge < -0.3 is 9.47 Å². The zero-order valence-electron chi connectivity index (χ0n) is 17.5. The summed E-state index contributed by atoms with van der Waals surface area (Å²) in [4.78, 5) is 24.8. The number of amides is 2. The number of hydrogen-bond donors (Lipinski definition) is 3. The first-order chi connectivity index (χ1) is 16.4.